The maximum Gasteiger partial charge on any atom is 0.110 e. The molecule has 2 N–H and O–H groups in total. The number of aliphatic hydroxyl groups is 1. The summed E-state index contributed by atoms with van der Waals surface area (Å²) in [5.41, 5.74) is 0. The molecule has 1 aromatic rings. The quantitative estimate of drug-likeness (QED) is 0.800. The summed E-state index contributed by atoms with van der Waals surface area (Å²) in [4.78, 5) is 1.90. The van der Waals surface area contributed by atoms with E-state index in [1.807, 2.05) is 19.1 Å². The summed E-state index contributed by atoms with van der Waals surface area (Å²) in [7, 11) is 0. The van der Waals surface area contributed by atoms with Crippen molar-refractivity contribution in [1.82, 2.24) is 5.32 Å². The van der Waals surface area contributed by atoms with Crippen molar-refractivity contribution in [3.8, 4) is 6.07 Å². The van der Waals surface area contributed by atoms with Crippen molar-refractivity contribution >= 4 is 11.3 Å². The first-order valence-electron chi connectivity index (χ1n) is 5.00. The molecule has 2 unspecified atom stereocenters. The van der Waals surface area contributed by atoms with Gasteiger partial charge in [-0.3, -0.25) is 0 Å². The van der Waals surface area contributed by atoms with E-state index in [2.05, 4.69) is 18.3 Å². The van der Waals surface area contributed by atoms with Crippen LogP contribution >= 0.6 is 11.3 Å². The van der Waals surface area contributed by atoms with Crippen molar-refractivity contribution in [2.75, 3.05) is 6.61 Å². The van der Waals surface area contributed by atoms with Crippen LogP contribution in [0.15, 0.2) is 12.1 Å². The Bertz CT molecular complexity index is 343. The maximum atomic E-state index is 8.96. The van der Waals surface area contributed by atoms with Crippen molar-refractivity contribution in [3.05, 3.63) is 21.9 Å². The van der Waals surface area contributed by atoms with E-state index in [4.69, 9.17) is 10.4 Å². The van der Waals surface area contributed by atoms with Gasteiger partial charge in [-0.2, -0.15) is 5.26 Å². The van der Waals surface area contributed by atoms with E-state index in [0.29, 0.717) is 0 Å². The molecular weight excluding hydrogens is 208 g/mol. The lowest BCUT2D eigenvalue weighted by molar-refractivity contribution is 0.207. The molecule has 2 atom stereocenters. The summed E-state index contributed by atoms with van der Waals surface area (Å²) in [6.45, 7) is 5.02. The Morgan fingerprint density at radius 3 is 2.80 bits per heavy atom. The van der Waals surface area contributed by atoms with E-state index in [0.717, 1.165) is 16.3 Å². The van der Waals surface area contributed by atoms with Crippen molar-refractivity contribution < 1.29 is 5.11 Å². The molecule has 0 aliphatic rings. The van der Waals surface area contributed by atoms with Gasteiger partial charge in [-0.05, 0) is 25.0 Å². The molecule has 1 aromatic heterocycles. The molecule has 0 aliphatic heterocycles. The molecule has 82 valence electrons. The molecule has 0 bridgehead atoms. The Balaban J connectivity index is 2.40. The van der Waals surface area contributed by atoms with Crippen LogP contribution in [0.1, 0.15) is 23.6 Å². The van der Waals surface area contributed by atoms with Gasteiger partial charge in [0.05, 0.1) is 0 Å². The first-order valence-corrected chi connectivity index (χ1v) is 5.82. The largest absolute Gasteiger partial charge is 0.396 e. The molecular formula is C11H16N2OS. The van der Waals surface area contributed by atoms with Gasteiger partial charge in [0.25, 0.3) is 0 Å². The molecule has 1 rings (SSSR count). The fourth-order valence-corrected chi connectivity index (χ4v) is 1.91. The molecule has 4 heteroatoms. The second-order valence-corrected chi connectivity index (χ2v) is 4.88. The van der Waals surface area contributed by atoms with Crippen molar-refractivity contribution in [3.63, 3.8) is 0 Å². The molecule has 0 saturated heterocycles. The van der Waals surface area contributed by atoms with Gasteiger partial charge >= 0.3 is 0 Å². The monoisotopic (exact) mass is 224 g/mol. The molecule has 0 radical (unpaired) electrons. The van der Waals surface area contributed by atoms with Crippen LogP contribution in [-0.2, 0) is 6.54 Å². The number of nitrogens with one attached hydrogen (secondary N) is 1. The summed E-state index contributed by atoms with van der Waals surface area (Å²) in [6, 6.07) is 6.20. The number of thiophene rings is 1. The van der Waals surface area contributed by atoms with Crippen LogP contribution in [0.5, 0.6) is 0 Å². The number of aliphatic hydroxyl groups excluding tert-OH is 1. The standard InChI is InChI=1S/C11H16N2OS/c1-8(7-14)9(2)13-6-11-4-3-10(5-12)15-11/h3-4,8-9,13-14H,6-7H2,1-2H3. The third-order valence-corrected chi connectivity index (χ3v) is 3.50. The molecule has 0 aliphatic carbocycles. The van der Waals surface area contributed by atoms with E-state index in [9.17, 15) is 0 Å². The summed E-state index contributed by atoms with van der Waals surface area (Å²) >= 11 is 1.51. The molecule has 0 spiro atoms. The molecule has 1 heterocycles. The van der Waals surface area contributed by atoms with E-state index in [1.54, 1.807) is 0 Å². The Morgan fingerprint density at radius 2 is 2.27 bits per heavy atom. The van der Waals surface area contributed by atoms with Crippen molar-refractivity contribution in [2.24, 2.45) is 5.92 Å². The second kappa shape index (κ2) is 5.86. The smallest absolute Gasteiger partial charge is 0.110 e. The van der Waals surface area contributed by atoms with Crippen molar-refractivity contribution in [2.45, 2.75) is 26.4 Å². The minimum absolute atomic E-state index is 0.196. The fourth-order valence-electron chi connectivity index (χ4n) is 1.15. The minimum atomic E-state index is 0.196. The molecule has 3 nitrogen and oxygen atoms in total. The predicted octanol–water partition coefficient (Wildman–Crippen LogP) is 1.73. The molecule has 0 saturated carbocycles. The summed E-state index contributed by atoms with van der Waals surface area (Å²) < 4.78 is 0. The van der Waals surface area contributed by atoms with Crippen LogP contribution < -0.4 is 5.32 Å². The molecule has 0 fully saturated rings. The van der Waals surface area contributed by atoms with E-state index in [1.165, 1.54) is 11.3 Å². The second-order valence-electron chi connectivity index (χ2n) is 3.71. The lowest BCUT2D eigenvalue weighted by Gasteiger charge is -2.18. The highest BCUT2D eigenvalue weighted by Gasteiger charge is 2.10. The molecule has 0 aromatic carbocycles. The number of hydrogen-bond acceptors (Lipinski definition) is 4. The minimum Gasteiger partial charge on any atom is -0.396 e. The Morgan fingerprint density at radius 1 is 1.53 bits per heavy atom. The zero-order valence-electron chi connectivity index (χ0n) is 9.03. The maximum absolute atomic E-state index is 8.96. The van der Waals surface area contributed by atoms with Gasteiger partial charge in [0.2, 0.25) is 0 Å². The Kier molecular flexibility index (Phi) is 4.76. The SMILES string of the molecule is CC(CO)C(C)NCc1ccc(C#N)s1. The zero-order chi connectivity index (χ0) is 11.3. The van der Waals surface area contributed by atoms with Crippen LogP contribution in [-0.4, -0.2) is 17.8 Å². The van der Waals surface area contributed by atoms with Crippen LogP contribution in [0.4, 0.5) is 0 Å². The van der Waals surface area contributed by atoms with Crippen molar-refractivity contribution in [1.29, 1.82) is 5.26 Å². The average molecular weight is 224 g/mol. The summed E-state index contributed by atoms with van der Waals surface area (Å²) in [6.07, 6.45) is 0. The van der Waals surface area contributed by atoms with Gasteiger partial charge in [-0.15, -0.1) is 11.3 Å². The normalized spacial score (nSPS) is 14.5. The number of nitrogens with zero attached hydrogens (tertiary/aromatic N) is 1. The van der Waals surface area contributed by atoms with Gasteiger partial charge in [0.1, 0.15) is 10.9 Å². The highest BCUT2D eigenvalue weighted by molar-refractivity contribution is 7.12. The van der Waals surface area contributed by atoms with Gasteiger partial charge in [-0.25, -0.2) is 0 Å². The van der Waals surface area contributed by atoms with E-state index < -0.39 is 0 Å². The third kappa shape index (κ3) is 3.63. The molecule has 15 heavy (non-hydrogen) atoms. The van der Waals surface area contributed by atoms with Gasteiger partial charge < -0.3 is 10.4 Å². The predicted molar refractivity (Wildman–Crippen MR) is 61.6 cm³/mol. The first-order chi connectivity index (χ1) is 7.17. The first kappa shape index (κ1) is 12.2. The van der Waals surface area contributed by atoms with Gasteiger partial charge in [0, 0.05) is 24.1 Å². The van der Waals surface area contributed by atoms with Gasteiger partial charge in [0.15, 0.2) is 0 Å². The lowest BCUT2D eigenvalue weighted by Crippen LogP contribution is -2.33. The van der Waals surface area contributed by atoms with E-state index in [-0.39, 0.29) is 18.6 Å². The topological polar surface area (TPSA) is 56.0 Å². The molecule has 0 amide bonds. The van der Waals surface area contributed by atoms with Crippen LogP contribution in [0, 0.1) is 17.2 Å². The fraction of sp³-hybridized carbons (Fsp3) is 0.545. The van der Waals surface area contributed by atoms with Crippen LogP contribution in [0.25, 0.3) is 0 Å². The third-order valence-electron chi connectivity index (χ3n) is 2.51. The lowest BCUT2D eigenvalue weighted by atomic mass is 10.1. The highest BCUT2D eigenvalue weighted by Crippen LogP contribution is 2.15. The number of rotatable bonds is 5. The van der Waals surface area contributed by atoms with E-state index >= 15 is 0 Å². The zero-order valence-corrected chi connectivity index (χ0v) is 9.84. The highest BCUT2D eigenvalue weighted by atomic mass is 32.1. The Labute approximate surface area is 94.4 Å². The van der Waals surface area contributed by atoms with Gasteiger partial charge in [-0.1, -0.05) is 6.92 Å². The van der Waals surface area contributed by atoms with Crippen LogP contribution in [0.3, 0.4) is 0 Å². The summed E-state index contributed by atoms with van der Waals surface area (Å²) in [5.74, 6) is 0.250. The average Bonchev–Trinajstić information content (AvgIpc) is 2.72. The van der Waals surface area contributed by atoms with Crippen LogP contribution in [0.2, 0.25) is 0 Å². The summed E-state index contributed by atoms with van der Waals surface area (Å²) in [5, 5.41) is 21.0. The number of nitriles is 1. The Hall–Kier alpha value is -0.890. The number of hydrogen-bond donors (Lipinski definition) is 2.